The Kier molecular flexibility index (Phi) is 2.85. The summed E-state index contributed by atoms with van der Waals surface area (Å²) in [7, 11) is 0. The summed E-state index contributed by atoms with van der Waals surface area (Å²) < 4.78 is 0. The van der Waals surface area contributed by atoms with Crippen LogP contribution in [-0.2, 0) is 0 Å². The third-order valence-corrected chi connectivity index (χ3v) is 3.31. The minimum Gasteiger partial charge on any atom is -0.383 e. The molecule has 0 saturated heterocycles. The number of fused-ring (bicyclic) bond motifs is 1. The lowest BCUT2D eigenvalue weighted by molar-refractivity contribution is 0.426. The van der Waals surface area contributed by atoms with Crippen LogP contribution in [0.3, 0.4) is 0 Å². The van der Waals surface area contributed by atoms with Crippen LogP contribution in [-0.4, -0.2) is 13.1 Å². The van der Waals surface area contributed by atoms with Gasteiger partial charge in [0.1, 0.15) is 0 Å². The van der Waals surface area contributed by atoms with Crippen molar-refractivity contribution < 1.29 is 0 Å². The van der Waals surface area contributed by atoms with Crippen molar-refractivity contribution in [2.75, 3.05) is 23.7 Å². The zero-order chi connectivity index (χ0) is 10.8. The normalized spacial score (nSPS) is 20.1. The topological polar surface area (TPSA) is 24.1 Å². The highest BCUT2D eigenvalue weighted by atomic mass is 15.0. The Hall–Kier alpha value is -1.18. The maximum atomic E-state index is 3.56. The van der Waals surface area contributed by atoms with E-state index in [1.54, 1.807) is 0 Å². The molecule has 1 aromatic carbocycles. The van der Waals surface area contributed by atoms with Gasteiger partial charge < -0.3 is 10.6 Å². The summed E-state index contributed by atoms with van der Waals surface area (Å²) in [6, 6.07) is 6.42. The zero-order valence-electron chi connectivity index (χ0n) is 9.80. The van der Waals surface area contributed by atoms with Crippen LogP contribution in [0.1, 0.15) is 19.4 Å². The molecule has 1 aliphatic heterocycles. The molecule has 0 fully saturated rings. The molecule has 1 aromatic rings. The molecule has 1 heterocycles. The van der Waals surface area contributed by atoms with E-state index >= 15 is 0 Å². The molecule has 82 valence electrons. The predicted octanol–water partition coefficient (Wildman–Crippen LogP) is 3.10. The van der Waals surface area contributed by atoms with Crippen molar-refractivity contribution in [2.24, 2.45) is 11.8 Å². The first-order valence-electron chi connectivity index (χ1n) is 5.76. The van der Waals surface area contributed by atoms with Crippen molar-refractivity contribution in [2.45, 2.75) is 20.8 Å². The average Bonchev–Trinajstić information content (AvgIpc) is 2.41. The van der Waals surface area contributed by atoms with E-state index in [1.807, 2.05) is 0 Å². The van der Waals surface area contributed by atoms with E-state index in [4.69, 9.17) is 0 Å². The van der Waals surface area contributed by atoms with Gasteiger partial charge in [0.15, 0.2) is 0 Å². The Morgan fingerprint density at radius 3 is 2.67 bits per heavy atom. The molecule has 0 radical (unpaired) electrons. The summed E-state index contributed by atoms with van der Waals surface area (Å²) in [6.45, 7) is 8.88. The highest BCUT2D eigenvalue weighted by Crippen LogP contribution is 2.29. The van der Waals surface area contributed by atoms with Gasteiger partial charge in [-0.15, -0.1) is 0 Å². The van der Waals surface area contributed by atoms with Crippen LogP contribution in [0.15, 0.2) is 18.2 Å². The largest absolute Gasteiger partial charge is 0.383 e. The molecule has 0 bridgehead atoms. The summed E-state index contributed by atoms with van der Waals surface area (Å²) in [5, 5.41) is 7.10. The molecule has 1 aliphatic rings. The van der Waals surface area contributed by atoms with Crippen molar-refractivity contribution >= 4 is 11.4 Å². The summed E-state index contributed by atoms with van der Waals surface area (Å²) in [4.78, 5) is 0. The highest BCUT2D eigenvalue weighted by Gasteiger charge is 2.18. The summed E-state index contributed by atoms with van der Waals surface area (Å²) in [5.74, 6) is 1.43. The van der Waals surface area contributed by atoms with Gasteiger partial charge in [0.2, 0.25) is 0 Å². The fraction of sp³-hybridized carbons (Fsp3) is 0.538. The van der Waals surface area contributed by atoms with Crippen molar-refractivity contribution in [3.63, 3.8) is 0 Å². The third-order valence-electron chi connectivity index (χ3n) is 3.31. The molecule has 2 N–H and O–H groups in total. The number of benzene rings is 1. The van der Waals surface area contributed by atoms with E-state index in [2.05, 4.69) is 49.6 Å². The standard InChI is InChI=1S/C13H20N2/c1-9(2)11-7-14-12-6-4-5-10(3)13(12)15-8-11/h4-6,9,11,14-15H,7-8H2,1-3H3. The minimum absolute atomic E-state index is 0.705. The lowest BCUT2D eigenvalue weighted by Crippen LogP contribution is -2.23. The zero-order valence-corrected chi connectivity index (χ0v) is 9.80. The summed E-state index contributed by atoms with van der Waals surface area (Å²) in [5.41, 5.74) is 3.85. The molecule has 0 aliphatic carbocycles. The number of para-hydroxylation sites is 1. The molecular weight excluding hydrogens is 184 g/mol. The Bertz CT molecular complexity index is 344. The number of aryl methyl sites for hydroxylation is 1. The molecule has 0 aromatic heterocycles. The minimum atomic E-state index is 0.705. The van der Waals surface area contributed by atoms with E-state index in [1.165, 1.54) is 16.9 Å². The van der Waals surface area contributed by atoms with Crippen molar-refractivity contribution in [1.29, 1.82) is 0 Å². The van der Waals surface area contributed by atoms with Gasteiger partial charge in [-0.2, -0.15) is 0 Å². The maximum Gasteiger partial charge on any atom is 0.0605 e. The Labute approximate surface area is 92.1 Å². The monoisotopic (exact) mass is 204 g/mol. The quantitative estimate of drug-likeness (QED) is 0.734. The molecule has 1 atom stereocenters. The highest BCUT2D eigenvalue weighted by molar-refractivity contribution is 5.73. The Morgan fingerprint density at radius 2 is 1.93 bits per heavy atom. The first kappa shape index (κ1) is 10.3. The predicted molar refractivity (Wildman–Crippen MR) is 66.5 cm³/mol. The van der Waals surface area contributed by atoms with Gasteiger partial charge in [0.25, 0.3) is 0 Å². The van der Waals surface area contributed by atoms with Gasteiger partial charge in [-0.05, 0) is 30.4 Å². The second-order valence-electron chi connectivity index (χ2n) is 4.76. The van der Waals surface area contributed by atoms with Gasteiger partial charge in [0, 0.05) is 13.1 Å². The second-order valence-corrected chi connectivity index (χ2v) is 4.76. The smallest absolute Gasteiger partial charge is 0.0605 e. The molecule has 2 nitrogen and oxygen atoms in total. The van der Waals surface area contributed by atoms with Gasteiger partial charge >= 0.3 is 0 Å². The first-order valence-corrected chi connectivity index (χ1v) is 5.76. The average molecular weight is 204 g/mol. The van der Waals surface area contributed by atoms with Crippen LogP contribution >= 0.6 is 0 Å². The Morgan fingerprint density at radius 1 is 1.20 bits per heavy atom. The van der Waals surface area contributed by atoms with Crippen LogP contribution in [0.2, 0.25) is 0 Å². The number of hydrogen-bond donors (Lipinski definition) is 2. The summed E-state index contributed by atoms with van der Waals surface area (Å²) >= 11 is 0. The van der Waals surface area contributed by atoms with Crippen LogP contribution in [0, 0.1) is 18.8 Å². The molecule has 0 saturated carbocycles. The first-order chi connectivity index (χ1) is 7.18. The van der Waals surface area contributed by atoms with Crippen molar-refractivity contribution in [3.05, 3.63) is 23.8 Å². The fourth-order valence-corrected chi connectivity index (χ4v) is 2.07. The maximum absolute atomic E-state index is 3.56. The van der Waals surface area contributed by atoms with E-state index < -0.39 is 0 Å². The molecule has 2 rings (SSSR count). The molecule has 2 heteroatoms. The third kappa shape index (κ3) is 2.09. The lowest BCUT2D eigenvalue weighted by Gasteiger charge is -2.18. The van der Waals surface area contributed by atoms with Crippen molar-refractivity contribution in [1.82, 2.24) is 0 Å². The molecule has 1 unspecified atom stereocenters. The second kappa shape index (κ2) is 4.13. The molecule has 0 spiro atoms. The van der Waals surface area contributed by atoms with E-state index in [0.29, 0.717) is 5.92 Å². The van der Waals surface area contributed by atoms with Gasteiger partial charge in [-0.25, -0.2) is 0 Å². The molecule has 0 amide bonds. The summed E-state index contributed by atoms with van der Waals surface area (Å²) in [6.07, 6.45) is 0. The van der Waals surface area contributed by atoms with E-state index in [-0.39, 0.29) is 0 Å². The van der Waals surface area contributed by atoms with Gasteiger partial charge in [-0.3, -0.25) is 0 Å². The van der Waals surface area contributed by atoms with Crippen LogP contribution in [0.4, 0.5) is 11.4 Å². The van der Waals surface area contributed by atoms with Crippen LogP contribution in [0.25, 0.3) is 0 Å². The van der Waals surface area contributed by atoms with Gasteiger partial charge in [0.05, 0.1) is 11.4 Å². The van der Waals surface area contributed by atoms with E-state index in [9.17, 15) is 0 Å². The Balaban J connectivity index is 2.22. The molecular formula is C13H20N2. The SMILES string of the molecule is Cc1cccc2c1NCC(C(C)C)CN2. The molecule has 15 heavy (non-hydrogen) atoms. The number of hydrogen-bond acceptors (Lipinski definition) is 2. The number of rotatable bonds is 1. The van der Waals surface area contributed by atoms with Crippen LogP contribution < -0.4 is 10.6 Å². The lowest BCUT2D eigenvalue weighted by atomic mass is 9.96. The van der Waals surface area contributed by atoms with Gasteiger partial charge in [-0.1, -0.05) is 26.0 Å². The number of nitrogens with one attached hydrogen (secondary N) is 2. The van der Waals surface area contributed by atoms with Crippen molar-refractivity contribution in [3.8, 4) is 0 Å². The van der Waals surface area contributed by atoms with Crippen LogP contribution in [0.5, 0.6) is 0 Å². The number of anilines is 2. The van der Waals surface area contributed by atoms with E-state index in [0.717, 1.165) is 19.0 Å². The fourth-order valence-electron chi connectivity index (χ4n) is 2.07.